The second-order valence-electron chi connectivity index (χ2n) is 4.35. The van der Waals surface area contributed by atoms with Crippen molar-refractivity contribution in [3.8, 4) is 0 Å². The highest BCUT2D eigenvalue weighted by atomic mass is 16.2. The number of rotatable bonds is 2. The molecular formula is C13H16N2O2. The predicted molar refractivity (Wildman–Crippen MR) is 64.2 cm³/mol. The highest BCUT2D eigenvalue weighted by Crippen LogP contribution is 2.31. The van der Waals surface area contributed by atoms with Crippen molar-refractivity contribution in [2.75, 3.05) is 6.54 Å². The third kappa shape index (κ3) is 1.90. The molecule has 3 N–H and O–H groups in total. The lowest BCUT2D eigenvalue weighted by atomic mass is 9.75. The normalized spacial score (nSPS) is 24.8. The maximum atomic E-state index is 12.2. The Kier molecular flexibility index (Phi) is 3.13. The van der Waals surface area contributed by atoms with Crippen LogP contribution in [0.3, 0.4) is 0 Å². The smallest absolute Gasteiger partial charge is 0.240 e. The molecule has 4 nitrogen and oxygen atoms in total. The Balaban J connectivity index is 2.51. The number of carbonyl (C=O) groups is 2. The summed E-state index contributed by atoms with van der Waals surface area (Å²) < 4.78 is 0. The number of carbonyl (C=O) groups excluding carboxylic acids is 2. The van der Waals surface area contributed by atoms with Crippen molar-refractivity contribution in [2.24, 2.45) is 5.73 Å². The van der Waals surface area contributed by atoms with Gasteiger partial charge in [-0.1, -0.05) is 30.3 Å². The van der Waals surface area contributed by atoms with Gasteiger partial charge in [0.25, 0.3) is 0 Å². The molecule has 0 spiro atoms. The Morgan fingerprint density at radius 3 is 2.59 bits per heavy atom. The first-order chi connectivity index (χ1) is 8.18. The molecule has 2 rings (SSSR count). The molecule has 1 aromatic rings. The summed E-state index contributed by atoms with van der Waals surface area (Å²) in [5.74, 6) is -0.836. The third-order valence-electron chi connectivity index (χ3n) is 3.34. The van der Waals surface area contributed by atoms with Crippen LogP contribution in [0, 0.1) is 0 Å². The summed E-state index contributed by atoms with van der Waals surface area (Å²) in [6.45, 7) is 0.612. The fourth-order valence-corrected chi connectivity index (χ4v) is 2.36. The Morgan fingerprint density at radius 2 is 1.94 bits per heavy atom. The summed E-state index contributed by atoms with van der Waals surface area (Å²) in [6.07, 6.45) is 2.18. The fraction of sp³-hybridized carbons (Fsp3) is 0.385. The molecule has 1 heterocycles. The first-order valence-electron chi connectivity index (χ1n) is 5.81. The average molecular weight is 232 g/mol. The summed E-state index contributed by atoms with van der Waals surface area (Å²) in [6, 6.07) is 9.06. The molecule has 90 valence electrons. The molecule has 1 unspecified atom stereocenters. The Bertz CT molecular complexity index is 430. The molecule has 0 radical (unpaired) electrons. The average Bonchev–Trinajstić information content (AvgIpc) is 2.53. The molecule has 1 aliphatic rings. The zero-order chi connectivity index (χ0) is 12.3. The van der Waals surface area contributed by atoms with Gasteiger partial charge in [0, 0.05) is 6.54 Å². The zero-order valence-corrected chi connectivity index (χ0v) is 9.61. The van der Waals surface area contributed by atoms with Gasteiger partial charge in [-0.25, -0.2) is 0 Å². The molecule has 1 atom stereocenters. The highest BCUT2D eigenvalue weighted by molar-refractivity contribution is 6.10. The standard InChI is InChI=1S/C13H16N2O2/c14-11(16)13(10-6-2-1-3-7-10)8-4-5-9-15-12(13)17/h1-3,6-7H,4-5,8-9H2,(H2,14,16)(H,15,17). The minimum atomic E-state index is -1.20. The molecule has 0 aliphatic carbocycles. The Morgan fingerprint density at radius 1 is 1.24 bits per heavy atom. The van der Waals surface area contributed by atoms with Crippen molar-refractivity contribution < 1.29 is 9.59 Å². The predicted octanol–water partition coefficient (Wildman–Crippen LogP) is 0.710. The van der Waals surface area contributed by atoms with Crippen LogP contribution in [-0.2, 0) is 15.0 Å². The van der Waals surface area contributed by atoms with E-state index in [0.29, 0.717) is 18.5 Å². The molecule has 1 aliphatic heterocycles. The minimum Gasteiger partial charge on any atom is -0.368 e. The maximum absolute atomic E-state index is 12.2. The van der Waals surface area contributed by atoms with Crippen molar-refractivity contribution in [3.05, 3.63) is 35.9 Å². The summed E-state index contributed by atoms with van der Waals surface area (Å²) in [7, 11) is 0. The molecule has 1 saturated heterocycles. The zero-order valence-electron chi connectivity index (χ0n) is 9.61. The number of hydrogen-bond acceptors (Lipinski definition) is 2. The first kappa shape index (κ1) is 11.6. The fourth-order valence-electron chi connectivity index (χ4n) is 2.36. The molecule has 2 amide bonds. The third-order valence-corrected chi connectivity index (χ3v) is 3.34. The van der Waals surface area contributed by atoms with Crippen LogP contribution in [0.15, 0.2) is 30.3 Å². The van der Waals surface area contributed by atoms with Crippen LogP contribution in [-0.4, -0.2) is 18.4 Å². The second-order valence-corrected chi connectivity index (χ2v) is 4.35. The lowest BCUT2D eigenvalue weighted by molar-refractivity contribution is -0.136. The number of benzene rings is 1. The molecule has 4 heteroatoms. The van der Waals surface area contributed by atoms with Crippen LogP contribution in [0.25, 0.3) is 0 Å². The van der Waals surface area contributed by atoms with Crippen molar-refractivity contribution in [2.45, 2.75) is 24.7 Å². The van der Waals surface area contributed by atoms with Gasteiger partial charge in [0.2, 0.25) is 11.8 Å². The summed E-state index contributed by atoms with van der Waals surface area (Å²) in [5, 5.41) is 2.78. The van der Waals surface area contributed by atoms with E-state index in [-0.39, 0.29) is 5.91 Å². The topological polar surface area (TPSA) is 72.2 Å². The molecule has 17 heavy (non-hydrogen) atoms. The summed E-state index contributed by atoms with van der Waals surface area (Å²) in [5.41, 5.74) is 4.98. The van der Waals surface area contributed by atoms with E-state index in [0.717, 1.165) is 12.8 Å². The lowest BCUT2D eigenvalue weighted by Gasteiger charge is -2.27. The van der Waals surface area contributed by atoms with Gasteiger partial charge in [0.15, 0.2) is 5.41 Å². The van der Waals surface area contributed by atoms with E-state index < -0.39 is 11.3 Å². The van der Waals surface area contributed by atoms with Crippen LogP contribution in [0.4, 0.5) is 0 Å². The van der Waals surface area contributed by atoms with Crippen LogP contribution < -0.4 is 11.1 Å². The van der Waals surface area contributed by atoms with Gasteiger partial charge >= 0.3 is 0 Å². The molecule has 1 fully saturated rings. The second kappa shape index (κ2) is 4.57. The van der Waals surface area contributed by atoms with Crippen LogP contribution >= 0.6 is 0 Å². The number of hydrogen-bond donors (Lipinski definition) is 2. The van der Waals surface area contributed by atoms with Gasteiger partial charge in [-0.15, -0.1) is 0 Å². The van der Waals surface area contributed by atoms with Gasteiger partial charge < -0.3 is 11.1 Å². The number of nitrogens with two attached hydrogens (primary N) is 1. The highest BCUT2D eigenvalue weighted by Gasteiger charge is 2.46. The summed E-state index contributed by atoms with van der Waals surface area (Å²) >= 11 is 0. The van der Waals surface area contributed by atoms with Gasteiger partial charge in [-0.2, -0.15) is 0 Å². The van der Waals surface area contributed by atoms with Gasteiger partial charge in [-0.05, 0) is 24.8 Å². The van der Waals surface area contributed by atoms with Crippen molar-refractivity contribution >= 4 is 11.8 Å². The number of nitrogens with one attached hydrogen (secondary N) is 1. The molecule has 1 aromatic carbocycles. The Labute approximate surface area is 100 Å². The van der Waals surface area contributed by atoms with Crippen molar-refractivity contribution in [3.63, 3.8) is 0 Å². The minimum absolute atomic E-state index is 0.270. The van der Waals surface area contributed by atoms with Crippen molar-refractivity contribution in [1.82, 2.24) is 5.32 Å². The molecule has 0 bridgehead atoms. The van der Waals surface area contributed by atoms with E-state index >= 15 is 0 Å². The van der Waals surface area contributed by atoms with Crippen LogP contribution in [0.2, 0.25) is 0 Å². The van der Waals surface area contributed by atoms with Gasteiger partial charge in [0.1, 0.15) is 0 Å². The van der Waals surface area contributed by atoms with E-state index in [2.05, 4.69) is 5.32 Å². The lowest BCUT2D eigenvalue weighted by Crippen LogP contribution is -2.52. The van der Waals surface area contributed by atoms with E-state index in [4.69, 9.17) is 5.73 Å². The first-order valence-corrected chi connectivity index (χ1v) is 5.81. The SMILES string of the molecule is NC(=O)C1(c2ccccc2)CCCCNC1=O. The number of primary amides is 1. The number of amides is 2. The van der Waals surface area contributed by atoms with E-state index in [1.807, 2.05) is 18.2 Å². The molecule has 0 aromatic heterocycles. The van der Waals surface area contributed by atoms with Gasteiger partial charge in [0.05, 0.1) is 0 Å². The summed E-state index contributed by atoms with van der Waals surface area (Å²) in [4.78, 5) is 24.0. The monoisotopic (exact) mass is 232 g/mol. The molecule has 0 saturated carbocycles. The van der Waals surface area contributed by atoms with Crippen molar-refractivity contribution in [1.29, 1.82) is 0 Å². The van der Waals surface area contributed by atoms with Crippen LogP contribution in [0.1, 0.15) is 24.8 Å². The largest absolute Gasteiger partial charge is 0.368 e. The quantitative estimate of drug-likeness (QED) is 0.737. The maximum Gasteiger partial charge on any atom is 0.240 e. The van der Waals surface area contributed by atoms with E-state index in [1.54, 1.807) is 12.1 Å². The van der Waals surface area contributed by atoms with E-state index in [9.17, 15) is 9.59 Å². The molecular weight excluding hydrogens is 216 g/mol. The Hall–Kier alpha value is -1.84. The van der Waals surface area contributed by atoms with E-state index in [1.165, 1.54) is 0 Å². The van der Waals surface area contributed by atoms with Crippen LogP contribution in [0.5, 0.6) is 0 Å². The van der Waals surface area contributed by atoms with Gasteiger partial charge in [-0.3, -0.25) is 9.59 Å².